The van der Waals surface area contributed by atoms with Gasteiger partial charge in [0.25, 0.3) is 0 Å². The number of halogens is 3. The molecule has 3 N–H and O–H groups in total. The molecule has 6 rings (SSSR count). The van der Waals surface area contributed by atoms with Crippen LogP contribution in [0.3, 0.4) is 0 Å². The van der Waals surface area contributed by atoms with Crippen LogP contribution in [0.1, 0.15) is 135 Å². The fourth-order valence-electron chi connectivity index (χ4n) is 9.75. The maximum atomic E-state index is 6.45. The van der Waals surface area contributed by atoms with Crippen molar-refractivity contribution in [2.24, 2.45) is 23.5 Å². The molecule has 6 heteroatoms. The molecule has 3 nitrogen and oxygen atoms in total. The van der Waals surface area contributed by atoms with Crippen molar-refractivity contribution < 1.29 is 0 Å². The molecule has 3 aromatic rings. The van der Waals surface area contributed by atoms with Crippen LogP contribution in [0.4, 0.5) is 0 Å². The number of hydrogen-bond acceptors (Lipinski definition) is 3. The Morgan fingerprint density at radius 3 is 1.15 bits per heavy atom. The summed E-state index contributed by atoms with van der Waals surface area (Å²) < 4.78 is 0. The maximum absolute atomic E-state index is 6.45. The van der Waals surface area contributed by atoms with E-state index in [1.165, 1.54) is 87.3 Å². The Bertz CT molecular complexity index is 1520. The Morgan fingerprint density at radius 1 is 0.537 bits per heavy atom. The Kier molecular flexibility index (Phi) is 16.9. The van der Waals surface area contributed by atoms with Gasteiger partial charge in [0, 0.05) is 49.4 Å². The minimum Gasteiger partial charge on any atom is -0.327 e. The zero-order valence-corrected chi connectivity index (χ0v) is 37.3. The minimum atomic E-state index is 0.217. The average Bonchev–Trinajstić information content (AvgIpc) is 3.04. The van der Waals surface area contributed by atoms with Gasteiger partial charge < -0.3 is 16.0 Å². The summed E-state index contributed by atoms with van der Waals surface area (Å²) in [6, 6.07) is 26.8. The third-order valence-electron chi connectivity index (χ3n) is 13.1. The van der Waals surface area contributed by atoms with Gasteiger partial charge in [-0.05, 0) is 150 Å². The van der Waals surface area contributed by atoms with Crippen LogP contribution in [0.2, 0.25) is 15.1 Å². The molecular weight excluding hydrogens is 725 g/mol. The molecule has 0 bridgehead atoms. The highest BCUT2D eigenvalue weighted by molar-refractivity contribution is 6.31. The summed E-state index contributed by atoms with van der Waals surface area (Å²) in [5, 5.41) is 6.03. The van der Waals surface area contributed by atoms with Gasteiger partial charge in [-0.25, -0.2) is 0 Å². The number of likely N-dealkylation sites (N-methyl/N-ethyl adjacent to an activating group) is 2. The lowest BCUT2D eigenvalue weighted by molar-refractivity contribution is 0.0808. The molecule has 3 saturated carbocycles. The highest BCUT2D eigenvalue weighted by atomic mass is 35.5. The molecule has 3 aliphatic carbocycles. The zero-order chi connectivity index (χ0) is 39.7. The third kappa shape index (κ3) is 10.9. The first-order chi connectivity index (χ1) is 25.6. The van der Waals surface area contributed by atoms with E-state index in [9.17, 15) is 0 Å². The first-order valence-electron chi connectivity index (χ1n) is 21.0. The van der Waals surface area contributed by atoms with Crippen LogP contribution in [0.15, 0.2) is 72.8 Å². The normalized spacial score (nSPS) is 19.7. The molecular formula is C48H72Cl3N3. The molecule has 0 amide bonds. The van der Waals surface area contributed by atoms with E-state index < -0.39 is 0 Å². The van der Waals surface area contributed by atoms with Gasteiger partial charge in [-0.2, -0.15) is 0 Å². The lowest BCUT2D eigenvalue weighted by Crippen LogP contribution is -2.52. The van der Waals surface area contributed by atoms with Crippen molar-refractivity contribution in [2.45, 2.75) is 153 Å². The smallest absolute Gasteiger partial charge is 0.0406 e. The van der Waals surface area contributed by atoms with Crippen molar-refractivity contribution >= 4 is 34.8 Å². The number of nitrogens with zero attached hydrogens (tertiary/aromatic N) is 1. The summed E-state index contributed by atoms with van der Waals surface area (Å²) in [5.74, 6) is 2.12. The molecule has 3 aliphatic rings. The van der Waals surface area contributed by atoms with Crippen LogP contribution in [0.25, 0.3) is 0 Å². The first kappa shape index (κ1) is 45.1. The van der Waals surface area contributed by atoms with Crippen molar-refractivity contribution in [2.75, 3.05) is 21.1 Å². The summed E-state index contributed by atoms with van der Waals surface area (Å²) >= 11 is 18.0. The average molecular weight is 797 g/mol. The van der Waals surface area contributed by atoms with Gasteiger partial charge in [-0.1, -0.05) is 132 Å². The molecule has 0 spiro atoms. The van der Waals surface area contributed by atoms with E-state index in [4.69, 9.17) is 40.5 Å². The third-order valence-corrected chi connectivity index (χ3v) is 13.9. The SMILES string of the molecule is CC(C)CC(N(C)C)C1(c2ccc(Cl)cc2)CCC1.CC(C)CC(N)C1(c2ccc(Cl)cc2)CCC1.CNC(CC(C)C)C1(c2ccc(Cl)cc2)CCC1. The molecule has 3 atom stereocenters. The van der Waals surface area contributed by atoms with E-state index >= 15 is 0 Å². The van der Waals surface area contributed by atoms with E-state index in [-0.39, 0.29) is 11.5 Å². The van der Waals surface area contributed by atoms with Crippen molar-refractivity contribution in [3.63, 3.8) is 0 Å². The zero-order valence-electron chi connectivity index (χ0n) is 35.0. The second-order valence-electron chi connectivity index (χ2n) is 18.4. The Balaban J connectivity index is 0.000000181. The lowest BCUT2D eigenvalue weighted by Gasteiger charge is -2.51. The molecule has 300 valence electrons. The van der Waals surface area contributed by atoms with E-state index in [2.05, 4.69) is 109 Å². The van der Waals surface area contributed by atoms with Crippen LogP contribution < -0.4 is 11.1 Å². The Labute approximate surface area is 345 Å². The second-order valence-corrected chi connectivity index (χ2v) is 19.7. The molecule has 0 saturated heterocycles. The van der Waals surface area contributed by atoms with Crippen molar-refractivity contribution in [1.82, 2.24) is 10.2 Å². The van der Waals surface area contributed by atoms with Gasteiger partial charge >= 0.3 is 0 Å². The van der Waals surface area contributed by atoms with Gasteiger partial charge in [0.1, 0.15) is 0 Å². The molecule has 0 heterocycles. The van der Waals surface area contributed by atoms with Crippen LogP contribution in [0.5, 0.6) is 0 Å². The van der Waals surface area contributed by atoms with E-state index in [1.54, 1.807) is 0 Å². The fourth-order valence-corrected chi connectivity index (χ4v) is 10.1. The molecule has 3 fully saturated rings. The summed E-state index contributed by atoms with van der Waals surface area (Å²) in [6.45, 7) is 13.7. The molecule has 0 aromatic heterocycles. The Hall–Kier alpha value is -1.59. The van der Waals surface area contributed by atoms with E-state index in [0.29, 0.717) is 28.8 Å². The summed E-state index contributed by atoms with van der Waals surface area (Å²) in [5.41, 5.74) is 11.7. The van der Waals surface area contributed by atoms with Crippen LogP contribution >= 0.6 is 34.8 Å². The maximum Gasteiger partial charge on any atom is 0.0406 e. The monoisotopic (exact) mass is 795 g/mol. The molecule has 54 heavy (non-hydrogen) atoms. The van der Waals surface area contributed by atoms with E-state index in [1.807, 2.05) is 36.4 Å². The fraction of sp³-hybridized carbons (Fsp3) is 0.625. The van der Waals surface area contributed by atoms with Gasteiger partial charge in [0.05, 0.1) is 0 Å². The quantitative estimate of drug-likeness (QED) is 0.171. The molecule has 0 aliphatic heterocycles. The number of benzene rings is 3. The van der Waals surface area contributed by atoms with Gasteiger partial charge in [0.15, 0.2) is 0 Å². The number of hydrogen-bond donors (Lipinski definition) is 2. The topological polar surface area (TPSA) is 41.3 Å². The van der Waals surface area contributed by atoms with Crippen molar-refractivity contribution in [3.8, 4) is 0 Å². The summed E-state index contributed by atoms with van der Waals surface area (Å²) in [4.78, 5) is 2.42. The van der Waals surface area contributed by atoms with Gasteiger partial charge in [-0.3, -0.25) is 0 Å². The summed E-state index contributed by atoms with van der Waals surface area (Å²) in [6.07, 6.45) is 15.3. The van der Waals surface area contributed by atoms with Crippen LogP contribution in [-0.2, 0) is 16.2 Å². The predicted octanol–water partition coefficient (Wildman–Crippen LogP) is 13.3. The largest absolute Gasteiger partial charge is 0.327 e. The molecule has 3 unspecified atom stereocenters. The Morgan fingerprint density at radius 2 is 0.870 bits per heavy atom. The highest BCUT2D eigenvalue weighted by Crippen LogP contribution is 2.50. The molecule has 3 aromatic carbocycles. The number of rotatable bonds is 14. The highest BCUT2D eigenvalue weighted by Gasteiger charge is 2.47. The van der Waals surface area contributed by atoms with Crippen LogP contribution in [0, 0.1) is 17.8 Å². The van der Waals surface area contributed by atoms with Gasteiger partial charge in [-0.15, -0.1) is 0 Å². The van der Waals surface area contributed by atoms with Crippen molar-refractivity contribution in [1.29, 1.82) is 0 Å². The standard InChI is InChI=1S/C17H26ClN.C16H24ClN.C15H22ClN/c1-13(2)12-16(19(3)4)17(10-5-11-17)14-6-8-15(18)9-7-14;1-12(2)11-15(18-3)16(9-4-10-16)13-5-7-14(17)8-6-13;1-11(2)10-14(17)15(8-3-9-15)12-4-6-13(16)7-5-12/h6-9,13,16H,5,10-12H2,1-4H3;5-8,12,15,18H,4,9-11H2,1-3H3;4-7,11,14H,3,8-10,17H2,1-2H3. The lowest BCUT2D eigenvalue weighted by atomic mass is 9.58. The predicted molar refractivity (Wildman–Crippen MR) is 238 cm³/mol. The van der Waals surface area contributed by atoms with Crippen LogP contribution in [-0.4, -0.2) is 44.2 Å². The van der Waals surface area contributed by atoms with E-state index in [0.717, 1.165) is 33.3 Å². The van der Waals surface area contributed by atoms with Crippen molar-refractivity contribution in [3.05, 3.63) is 105 Å². The van der Waals surface area contributed by atoms with Gasteiger partial charge in [0.2, 0.25) is 0 Å². The number of nitrogens with one attached hydrogen (secondary N) is 1. The second kappa shape index (κ2) is 20.2. The molecule has 0 radical (unpaired) electrons. The minimum absolute atomic E-state index is 0.217. The first-order valence-corrected chi connectivity index (χ1v) is 22.1. The number of nitrogens with two attached hydrogens (primary N) is 1. The summed E-state index contributed by atoms with van der Waals surface area (Å²) in [7, 11) is 6.55.